The largest absolute Gasteiger partial charge is 0.381 e. The highest BCUT2D eigenvalue weighted by atomic mass is 32.2. The lowest BCUT2D eigenvalue weighted by Gasteiger charge is -2.37. The molecule has 1 aromatic rings. The second-order valence-corrected chi connectivity index (χ2v) is 6.96. The summed E-state index contributed by atoms with van der Waals surface area (Å²) in [5, 5.41) is 0.688. The summed E-state index contributed by atoms with van der Waals surface area (Å²) in [4.78, 5) is 1.46. The molecule has 2 aliphatic rings. The minimum Gasteiger partial charge on any atom is -0.381 e. The molecule has 0 amide bonds. The molecule has 0 aromatic heterocycles. The van der Waals surface area contributed by atoms with Crippen LogP contribution in [0.3, 0.4) is 0 Å². The van der Waals surface area contributed by atoms with Crippen molar-refractivity contribution in [3.05, 3.63) is 29.8 Å². The molecule has 2 heterocycles. The summed E-state index contributed by atoms with van der Waals surface area (Å²) in [6.45, 7) is 2.54. The highest BCUT2D eigenvalue weighted by Crippen LogP contribution is 2.44. The molecule has 0 radical (unpaired) electrons. The number of nitrogens with two attached hydrogens (primary N) is 1. The Labute approximate surface area is 113 Å². The van der Waals surface area contributed by atoms with Crippen molar-refractivity contribution < 1.29 is 4.74 Å². The van der Waals surface area contributed by atoms with Crippen LogP contribution >= 0.6 is 11.8 Å². The Morgan fingerprint density at radius 2 is 2.28 bits per heavy atom. The van der Waals surface area contributed by atoms with E-state index in [0.717, 1.165) is 19.8 Å². The van der Waals surface area contributed by atoms with Gasteiger partial charge in [-0.25, -0.2) is 0 Å². The molecule has 0 spiro atoms. The Bertz CT molecular complexity index is 390. The van der Waals surface area contributed by atoms with Crippen LogP contribution in [0.4, 0.5) is 0 Å². The van der Waals surface area contributed by atoms with E-state index in [1.807, 2.05) is 11.8 Å². The van der Waals surface area contributed by atoms with Gasteiger partial charge in [-0.2, -0.15) is 0 Å². The minimum absolute atomic E-state index is 0.234. The fraction of sp³-hybridized carbons (Fsp3) is 0.600. The van der Waals surface area contributed by atoms with Crippen molar-refractivity contribution in [2.24, 2.45) is 11.1 Å². The van der Waals surface area contributed by atoms with Gasteiger partial charge < -0.3 is 10.5 Å². The van der Waals surface area contributed by atoms with Gasteiger partial charge in [-0.15, -0.1) is 11.8 Å². The first-order chi connectivity index (χ1) is 8.81. The van der Waals surface area contributed by atoms with Crippen LogP contribution in [-0.4, -0.2) is 25.0 Å². The molecule has 2 aliphatic heterocycles. The number of rotatable bonds is 3. The topological polar surface area (TPSA) is 35.2 Å². The Morgan fingerprint density at radius 3 is 3.00 bits per heavy atom. The van der Waals surface area contributed by atoms with Crippen LogP contribution in [0, 0.1) is 5.41 Å². The third kappa shape index (κ3) is 2.44. The van der Waals surface area contributed by atoms with Crippen molar-refractivity contribution in [2.45, 2.75) is 35.8 Å². The summed E-state index contributed by atoms with van der Waals surface area (Å²) in [5.74, 6) is 0. The monoisotopic (exact) mass is 263 g/mol. The Balaban J connectivity index is 1.67. The van der Waals surface area contributed by atoms with Crippen LogP contribution in [-0.2, 0) is 11.2 Å². The second-order valence-electron chi connectivity index (χ2n) is 5.62. The van der Waals surface area contributed by atoms with Gasteiger partial charge in [0.1, 0.15) is 0 Å². The molecule has 18 heavy (non-hydrogen) atoms. The third-order valence-electron chi connectivity index (χ3n) is 4.21. The van der Waals surface area contributed by atoms with Crippen molar-refractivity contribution in [2.75, 3.05) is 19.8 Å². The maximum absolute atomic E-state index is 6.03. The van der Waals surface area contributed by atoms with Crippen molar-refractivity contribution in [3.63, 3.8) is 0 Å². The van der Waals surface area contributed by atoms with Gasteiger partial charge in [-0.05, 0) is 37.3 Å². The van der Waals surface area contributed by atoms with Gasteiger partial charge >= 0.3 is 0 Å². The average molecular weight is 263 g/mol. The van der Waals surface area contributed by atoms with E-state index in [0.29, 0.717) is 5.25 Å². The van der Waals surface area contributed by atoms with Gasteiger partial charge in [0.2, 0.25) is 0 Å². The van der Waals surface area contributed by atoms with Crippen LogP contribution in [0.15, 0.2) is 29.2 Å². The standard InChI is InChI=1S/C15H21NOS/c16-10-15(6-3-7-17-11-15)9-13-8-12-4-1-2-5-14(12)18-13/h1-2,4-5,13H,3,6-11,16H2. The quantitative estimate of drug-likeness (QED) is 0.911. The van der Waals surface area contributed by atoms with Crippen LogP contribution < -0.4 is 5.73 Å². The fourth-order valence-electron chi connectivity index (χ4n) is 3.17. The summed E-state index contributed by atoms with van der Waals surface area (Å²) < 4.78 is 5.67. The molecule has 2 unspecified atom stereocenters. The first kappa shape index (κ1) is 12.5. The molecule has 3 rings (SSSR count). The molecular weight excluding hydrogens is 242 g/mol. The highest BCUT2D eigenvalue weighted by Gasteiger charge is 2.36. The first-order valence-corrected chi connectivity index (χ1v) is 7.72. The lowest BCUT2D eigenvalue weighted by Crippen LogP contribution is -2.40. The maximum Gasteiger partial charge on any atom is 0.0534 e. The molecule has 98 valence electrons. The number of benzene rings is 1. The summed E-state index contributed by atoms with van der Waals surface area (Å²) >= 11 is 2.03. The summed E-state index contributed by atoms with van der Waals surface area (Å²) in [6.07, 6.45) is 4.80. The predicted octanol–water partition coefficient (Wildman–Crippen LogP) is 2.85. The van der Waals surface area contributed by atoms with Crippen molar-refractivity contribution in [3.8, 4) is 0 Å². The zero-order valence-corrected chi connectivity index (χ0v) is 11.5. The SMILES string of the molecule is NCC1(CC2Cc3ccccc3S2)CCCOC1. The Hall–Kier alpha value is -0.510. The van der Waals surface area contributed by atoms with Gasteiger partial charge in [0.25, 0.3) is 0 Å². The van der Waals surface area contributed by atoms with Gasteiger partial charge in [-0.1, -0.05) is 18.2 Å². The Morgan fingerprint density at radius 1 is 1.39 bits per heavy atom. The van der Waals surface area contributed by atoms with Crippen LogP contribution in [0.5, 0.6) is 0 Å². The van der Waals surface area contributed by atoms with Crippen LogP contribution in [0.1, 0.15) is 24.8 Å². The van der Waals surface area contributed by atoms with Crippen molar-refractivity contribution >= 4 is 11.8 Å². The third-order valence-corrected chi connectivity index (χ3v) is 5.53. The molecule has 3 heteroatoms. The van der Waals surface area contributed by atoms with Crippen LogP contribution in [0.2, 0.25) is 0 Å². The zero-order valence-electron chi connectivity index (χ0n) is 10.7. The van der Waals surface area contributed by atoms with Crippen molar-refractivity contribution in [1.82, 2.24) is 0 Å². The second kappa shape index (κ2) is 5.24. The molecule has 1 saturated heterocycles. The van der Waals surface area contributed by atoms with Gasteiger partial charge in [0, 0.05) is 28.7 Å². The molecular formula is C15H21NOS. The number of ether oxygens (including phenoxy) is 1. The molecule has 2 N–H and O–H groups in total. The van der Waals surface area contributed by atoms with E-state index in [2.05, 4.69) is 24.3 Å². The Kier molecular flexibility index (Phi) is 3.64. The van der Waals surface area contributed by atoms with E-state index in [1.54, 1.807) is 0 Å². The first-order valence-electron chi connectivity index (χ1n) is 6.84. The number of fused-ring (bicyclic) bond motifs is 1. The summed E-state index contributed by atoms with van der Waals surface area (Å²) in [5.41, 5.74) is 7.78. The highest BCUT2D eigenvalue weighted by molar-refractivity contribution is 8.00. The van der Waals surface area contributed by atoms with E-state index in [9.17, 15) is 0 Å². The number of thioether (sulfide) groups is 1. The molecule has 0 bridgehead atoms. The van der Waals surface area contributed by atoms with Gasteiger partial charge in [0.15, 0.2) is 0 Å². The maximum atomic E-state index is 6.03. The van der Waals surface area contributed by atoms with Gasteiger partial charge in [-0.3, -0.25) is 0 Å². The average Bonchev–Trinajstić information content (AvgIpc) is 2.81. The summed E-state index contributed by atoms with van der Waals surface area (Å²) in [6, 6.07) is 8.78. The zero-order chi connectivity index (χ0) is 12.4. The molecule has 2 nitrogen and oxygen atoms in total. The molecule has 2 atom stereocenters. The summed E-state index contributed by atoms with van der Waals surface area (Å²) in [7, 11) is 0. The number of hydrogen-bond acceptors (Lipinski definition) is 3. The molecule has 0 aliphatic carbocycles. The van der Waals surface area contributed by atoms with E-state index < -0.39 is 0 Å². The van der Waals surface area contributed by atoms with Crippen molar-refractivity contribution in [1.29, 1.82) is 0 Å². The van der Waals surface area contributed by atoms with E-state index in [-0.39, 0.29) is 5.41 Å². The lowest BCUT2D eigenvalue weighted by atomic mass is 9.78. The molecule has 0 saturated carbocycles. The fourth-order valence-corrected chi connectivity index (χ4v) is 4.68. The molecule has 1 fully saturated rings. The lowest BCUT2D eigenvalue weighted by molar-refractivity contribution is -0.00744. The van der Waals surface area contributed by atoms with E-state index in [4.69, 9.17) is 10.5 Å². The predicted molar refractivity (Wildman–Crippen MR) is 75.9 cm³/mol. The van der Waals surface area contributed by atoms with Crippen LogP contribution in [0.25, 0.3) is 0 Å². The van der Waals surface area contributed by atoms with Gasteiger partial charge in [0.05, 0.1) is 6.61 Å². The normalized spacial score (nSPS) is 31.3. The van der Waals surface area contributed by atoms with E-state index >= 15 is 0 Å². The smallest absolute Gasteiger partial charge is 0.0534 e. The van der Waals surface area contributed by atoms with E-state index in [1.165, 1.54) is 36.1 Å². The minimum atomic E-state index is 0.234. The molecule has 1 aromatic carbocycles. The number of hydrogen-bond donors (Lipinski definition) is 1.